The van der Waals surface area contributed by atoms with Crippen LogP contribution in [-0.4, -0.2) is 22.7 Å². The number of aliphatic hydroxyl groups is 1. The lowest BCUT2D eigenvalue weighted by Crippen LogP contribution is -2.28. The highest BCUT2D eigenvalue weighted by Gasteiger charge is 2.19. The highest BCUT2D eigenvalue weighted by molar-refractivity contribution is 5.82. The number of para-hydroxylation sites is 1. The minimum absolute atomic E-state index is 0.0753. The molecule has 3 N–H and O–H groups in total. The van der Waals surface area contributed by atoms with E-state index in [1.807, 2.05) is 0 Å². The summed E-state index contributed by atoms with van der Waals surface area (Å²) in [6.07, 6.45) is 6.37. The van der Waals surface area contributed by atoms with E-state index in [0.29, 0.717) is 5.92 Å². The average Bonchev–Trinajstić information content (AvgIpc) is 2.83. The van der Waals surface area contributed by atoms with Crippen molar-refractivity contribution in [3.05, 3.63) is 36.0 Å². The Hall–Kier alpha value is -1.32. The van der Waals surface area contributed by atoms with Crippen molar-refractivity contribution in [3.8, 4) is 0 Å². The predicted octanol–water partition coefficient (Wildman–Crippen LogP) is 2.81. The second-order valence-electron chi connectivity index (χ2n) is 5.68. The normalized spacial score (nSPS) is 23.8. The predicted molar refractivity (Wildman–Crippen MR) is 78.0 cm³/mol. The molecule has 1 aliphatic carbocycles. The van der Waals surface area contributed by atoms with E-state index in [2.05, 4.69) is 40.8 Å². The van der Waals surface area contributed by atoms with Gasteiger partial charge in [-0.15, -0.1) is 0 Å². The van der Waals surface area contributed by atoms with Crippen LogP contribution in [0.2, 0.25) is 0 Å². The maximum atomic E-state index is 9.67. The van der Waals surface area contributed by atoms with Gasteiger partial charge in [0.15, 0.2) is 0 Å². The van der Waals surface area contributed by atoms with Gasteiger partial charge in [-0.25, -0.2) is 0 Å². The molecule has 1 aromatic carbocycles. The molecule has 2 unspecified atom stereocenters. The van der Waals surface area contributed by atoms with Crippen molar-refractivity contribution >= 4 is 10.9 Å². The fourth-order valence-electron chi connectivity index (χ4n) is 3.14. The van der Waals surface area contributed by atoms with E-state index in [1.54, 1.807) is 0 Å². The zero-order valence-corrected chi connectivity index (χ0v) is 11.2. The van der Waals surface area contributed by atoms with Crippen LogP contribution in [-0.2, 0) is 6.54 Å². The monoisotopic (exact) mass is 258 g/mol. The SMILES string of the molecule is OC1CCCC(CNCc2c[nH]c3ccccc23)C1. The lowest BCUT2D eigenvalue weighted by molar-refractivity contribution is 0.101. The molecule has 0 saturated heterocycles. The average molecular weight is 258 g/mol. The Morgan fingerprint density at radius 2 is 2.16 bits per heavy atom. The van der Waals surface area contributed by atoms with Gasteiger partial charge in [-0.1, -0.05) is 24.6 Å². The quantitative estimate of drug-likeness (QED) is 0.789. The van der Waals surface area contributed by atoms with Crippen molar-refractivity contribution in [2.45, 2.75) is 38.3 Å². The first-order valence-corrected chi connectivity index (χ1v) is 7.26. The second kappa shape index (κ2) is 5.76. The standard InChI is InChI=1S/C16H22N2O/c19-14-5-3-4-12(8-14)9-17-10-13-11-18-16-7-2-1-6-15(13)16/h1-2,6-7,11-12,14,17-19H,3-5,8-10H2. The van der Waals surface area contributed by atoms with E-state index in [9.17, 15) is 5.11 Å². The maximum Gasteiger partial charge on any atom is 0.0543 e. The lowest BCUT2D eigenvalue weighted by atomic mass is 9.87. The van der Waals surface area contributed by atoms with Gasteiger partial charge in [0.05, 0.1) is 6.10 Å². The molecule has 19 heavy (non-hydrogen) atoms. The summed E-state index contributed by atoms with van der Waals surface area (Å²) < 4.78 is 0. The number of aromatic amines is 1. The molecule has 1 aromatic heterocycles. The Bertz CT molecular complexity index is 534. The highest BCUT2D eigenvalue weighted by Crippen LogP contribution is 2.24. The van der Waals surface area contributed by atoms with E-state index < -0.39 is 0 Å². The van der Waals surface area contributed by atoms with E-state index >= 15 is 0 Å². The molecule has 2 aromatic rings. The van der Waals surface area contributed by atoms with Gasteiger partial charge < -0.3 is 15.4 Å². The van der Waals surface area contributed by atoms with Gasteiger partial charge in [0, 0.05) is 23.6 Å². The maximum absolute atomic E-state index is 9.67. The molecule has 0 aliphatic heterocycles. The van der Waals surface area contributed by atoms with Crippen LogP contribution in [0.25, 0.3) is 10.9 Å². The first kappa shape index (κ1) is 12.7. The molecular weight excluding hydrogens is 236 g/mol. The molecule has 102 valence electrons. The number of aliphatic hydroxyl groups excluding tert-OH is 1. The summed E-state index contributed by atoms with van der Waals surface area (Å²) >= 11 is 0. The van der Waals surface area contributed by atoms with Crippen LogP contribution in [0.3, 0.4) is 0 Å². The van der Waals surface area contributed by atoms with Gasteiger partial charge >= 0.3 is 0 Å². The molecule has 3 rings (SSSR count). The number of hydrogen-bond donors (Lipinski definition) is 3. The number of H-pyrrole nitrogens is 1. The zero-order valence-electron chi connectivity index (χ0n) is 11.2. The van der Waals surface area contributed by atoms with Crippen LogP contribution in [0, 0.1) is 5.92 Å². The number of aromatic nitrogens is 1. The fraction of sp³-hybridized carbons (Fsp3) is 0.500. The smallest absolute Gasteiger partial charge is 0.0543 e. The van der Waals surface area contributed by atoms with Crippen molar-refractivity contribution in [2.75, 3.05) is 6.54 Å². The molecule has 1 fully saturated rings. The van der Waals surface area contributed by atoms with Gasteiger partial charge in [0.1, 0.15) is 0 Å². The molecule has 0 spiro atoms. The zero-order chi connectivity index (χ0) is 13.1. The first-order chi connectivity index (χ1) is 9.33. The van der Waals surface area contributed by atoms with Crippen molar-refractivity contribution in [1.82, 2.24) is 10.3 Å². The summed E-state index contributed by atoms with van der Waals surface area (Å²) in [4.78, 5) is 3.30. The molecule has 1 aliphatic rings. The van der Waals surface area contributed by atoms with Gasteiger partial charge in [-0.2, -0.15) is 0 Å². The summed E-state index contributed by atoms with van der Waals surface area (Å²) in [5.74, 6) is 0.633. The van der Waals surface area contributed by atoms with Gasteiger partial charge in [-0.3, -0.25) is 0 Å². The minimum atomic E-state index is -0.0753. The van der Waals surface area contributed by atoms with E-state index in [4.69, 9.17) is 0 Å². The molecule has 0 amide bonds. The Morgan fingerprint density at radius 1 is 1.26 bits per heavy atom. The van der Waals surface area contributed by atoms with E-state index in [1.165, 1.54) is 29.3 Å². The topological polar surface area (TPSA) is 48.0 Å². The number of fused-ring (bicyclic) bond motifs is 1. The summed E-state index contributed by atoms with van der Waals surface area (Å²) in [6.45, 7) is 1.91. The van der Waals surface area contributed by atoms with Crippen LogP contribution in [0.15, 0.2) is 30.5 Å². The molecule has 3 nitrogen and oxygen atoms in total. The van der Waals surface area contributed by atoms with Crippen LogP contribution >= 0.6 is 0 Å². The number of nitrogens with one attached hydrogen (secondary N) is 2. The van der Waals surface area contributed by atoms with Crippen LogP contribution in [0.1, 0.15) is 31.2 Å². The summed E-state index contributed by atoms with van der Waals surface area (Å²) in [5.41, 5.74) is 2.53. The number of hydrogen-bond acceptors (Lipinski definition) is 2. The fourth-order valence-corrected chi connectivity index (χ4v) is 3.14. The van der Waals surface area contributed by atoms with Gasteiger partial charge in [0.2, 0.25) is 0 Å². The van der Waals surface area contributed by atoms with Crippen molar-refractivity contribution in [3.63, 3.8) is 0 Å². The number of benzene rings is 1. The molecule has 0 radical (unpaired) electrons. The Labute approximate surface area is 114 Å². The summed E-state index contributed by atoms with van der Waals surface area (Å²) in [6, 6.07) is 8.40. The first-order valence-electron chi connectivity index (χ1n) is 7.26. The van der Waals surface area contributed by atoms with Crippen LogP contribution in [0.4, 0.5) is 0 Å². The molecular formula is C16H22N2O. The van der Waals surface area contributed by atoms with Gasteiger partial charge in [0.25, 0.3) is 0 Å². The summed E-state index contributed by atoms with van der Waals surface area (Å²) in [5, 5.41) is 14.5. The highest BCUT2D eigenvalue weighted by atomic mass is 16.3. The summed E-state index contributed by atoms with van der Waals surface area (Å²) in [7, 11) is 0. The molecule has 2 atom stereocenters. The number of rotatable bonds is 4. The van der Waals surface area contributed by atoms with E-state index in [0.717, 1.165) is 25.9 Å². The van der Waals surface area contributed by atoms with Crippen molar-refractivity contribution in [1.29, 1.82) is 0 Å². The van der Waals surface area contributed by atoms with Crippen LogP contribution < -0.4 is 5.32 Å². The molecule has 1 heterocycles. The molecule has 3 heteroatoms. The third-order valence-electron chi connectivity index (χ3n) is 4.18. The Kier molecular flexibility index (Phi) is 3.85. The van der Waals surface area contributed by atoms with E-state index in [-0.39, 0.29) is 6.10 Å². The Balaban J connectivity index is 1.55. The third-order valence-corrected chi connectivity index (χ3v) is 4.18. The molecule has 0 bridgehead atoms. The molecule has 1 saturated carbocycles. The second-order valence-corrected chi connectivity index (χ2v) is 5.68. The Morgan fingerprint density at radius 3 is 3.05 bits per heavy atom. The van der Waals surface area contributed by atoms with Gasteiger partial charge in [-0.05, 0) is 43.4 Å². The van der Waals surface area contributed by atoms with Crippen molar-refractivity contribution in [2.24, 2.45) is 5.92 Å². The van der Waals surface area contributed by atoms with Crippen molar-refractivity contribution < 1.29 is 5.11 Å². The lowest BCUT2D eigenvalue weighted by Gasteiger charge is -2.25. The van der Waals surface area contributed by atoms with Crippen LogP contribution in [0.5, 0.6) is 0 Å². The third kappa shape index (κ3) is 2.99. The largest absolute Gasteiger partial charge is 0.393 e. The minimum Gasteiger partial charge on any atom is -0.393 e.